The van der Waals surface area contributed by atoms with E-state index in [1.807, 2.05) is 31.2 Å². The van der Waals surface area contributed by atoms with E-state index in [1.165, 1.54) is 4.57 Å². The lowest BCUT2D eigenvalue weighted by atomic mass is 10.0. The lowest BCUT2D eigenvalue weighted by Crippen LogP contribution is -2.27. The molecule has 0 saturated carbocycles. The van der Waals surface area contributed by atoms with Crippen LogP contribution in [-0.4, -0.2) is 33.0 Å². The highest BCUT2D eigenvalue weighted by molar-refractivity contribution is 6.31. The fourth-order valence-electron chi connectivity index (χ4n) is 4.05. The molecule has 0 fully saturated rings. The number of benzene rings is 2. The first-order chi connectivity index (χ1) is 17.2. The van der Waals surface area contributed by atoms with Crippen molar-refractivity contribution in [1.82, 2.24) is 19.9 Å². The molecular weight excluding hydrogens is 481 g/mol. The van der Waals surface area contributed by atoms with E-state index in [2.05, 4.69) is 15.3 Å². The zero-order chi connectivity index (χ0) is 25.8. The van der Waals surface area contributed by atoms with Crippen LogP contribution in [0.2, 0.25) is 5.02 Å². The molecule has 4 rings (SSSR count). The number of rotatable bonds is 10. The molecule has 7 N–H and O–H groups in total. The fourth-order valence-corrected chi connectivity index (χ4v) is 4.30. The number of nitrogens with one attached hydrogen (secondary N) is 3. The van der Waals surface area contributed by atoms with E-state index in [1.54, 1.807) is 24.4 Å². The van der Waals surface area contributed by atoms with E-state index in [4.69, 9.17) is 28.5 Å². The van der Waals surface area contributed by atoms with Crippen molar-refractivity contribution < 1.29 is 4.39 Å². The molecule has 0 unspecified atom stereocenters. The maximum atomic E-state index is 15.0. The van der Waals surface area contributed by atoms with Gasteiger partial charge in [-0.2, -0.15) is 4.98 Å². The van der Waals surface area contributed by atoms with E-state index in [9.17, 15) is 9.18 Å². The number of nitrogens with zero attached hydrogens (tertiary/aromatic N) is 2. The van der Waals surface area contributed by atoms with Gasteiger partial charge in [-0.25, -0.2) is 9.18 Å². The van der Waals surface area contributed by atoms with Crippen LogP contribution >= 0.6 is 11.6 Å². The normalized spacial score (nSPS) is 12.2. The molecule has 8 nitrogen and oxygen atoms in total. The molecular formula is C26H29ClFN7O. The molecule has 36 heavy (non-hydrogen) atoms. The summed E-state index contributed by atoms with van der Waals surface area (Å²) >= 11 is 6.19. The lowest BCUT2D eigenvalue weighted by molar-refractivity contribution is 0.618. The van der Waals surface area contributed by atoms with Gasteiger partial charge < -0.3 is 21.8 Å². The minimum atomic E-state index is -0.525. The average molecular weight is 510 g/mol. The molecule has 2 heterocycles. The third-order valence-electron chi connectivity index (χ3n) is 5.87. The molecule has 0 amide bonds. The predicted molar refractivity (Wildman–Crippen MR) is 142 cm³/mol. The first kappa shape index (κ1) is 25.6. The number of amidine groups is 1. The van der Waals surface area contributed by atoms with Gasteiger partial charge in [0.1, 0.15) is 11.5 Å². The highest BCUT2D eigenvalue weighted by atomic mass is 35.5. The van der Waals surface area contributed by atoms with E-state index in [0.29, 0.717) is 41.1 Å². The van der Waals surface area contributed by atoms with Gasteiger partial charge >= 0.3 is 5.69 Å². The summed E-state index contributed by atoms with van der Waals surface area (Å²) in [5.41, 5.74) is 14.5. The molecule has 0 aliphatic heterocycles. The van der Waals surface area contributed by atoms with Crippen molar-refractivity contribution in [2.75, 3.05) is 6.54 Å². The van der Waals surface area contributed by atoms with Gasteiger partial charge in [0, 0.05) is 29.7 Å². The number of hydrogen-bond donors (Lipinski definition) is 5. The van der Waals surface area contributed by atoms with Crippen LogP contribution in [0.25, 0.3) is 28.0 Å². The molecule has 0 aliphatic carbocycles. The molecule has 1 atom stereocenters. The Kier molecular flexibility index (Phi) is 7.83. The Morgan fingerprint density at radius 3 is 2.69 bits per heavy atom. The first-order valence-electron chi connectivity index (χ1n) is 11.7. The topological polar surface area (TPSA) is 139 Å². The first-order valence-corrected chi connectivity index (χ1v) is 12.1. The predicted octanol–water partition coefficient (Wildman–Crippen LogP) is 3.87. The summed E-state index contributed by atoms with van der Waals surface area (Å²) in [5, 5.41) is 11.0. The molecule has 0 spiro atoms. The Morgan fingerprint density at radius 2 is 2.00 bits per heavy atom. The molecule has 0 aliphatic rings. The molecule has 10 heteroatoms. The summed E-state index contributed by atoms with van der Waals surface area (Å²) in [6, 6.07) is 12.7. The maximum absolute atomic E-state index is 15.0. The van der Waals surface area contributed by atoms with Gasteiger partial charge in [0.2, 0.25) is 0 Å². The van der Waals surface area contributed by atoms with Gasteiger partial charge in [-0.3, -0.25) is 9.98 Å². The van der Waals surface area contributed by atoms with Crippen molar-refractivity contribution in [2.45, 2.75) is 38.8 Å². The van der Waals surface area contributed by atoms with Crippen molar-refractivity contribution in [3.8, 4) is 16.9 Å². The summed E-state index contributed by atoms with van der Waals surface area (Å²) < 4.78 is 16.4. The standard InChI is InChI=1S/C26H29ClFN7O/c1-15(29)3-2-4-17-9-20(24(28)21(27)10-17)22-11-18-14-35(26(36)34-25(18)33-22)19-7-5-16(6-8-19)12-32-13-23(30)31/h5-11,14-15,32H,2-4,12-13,29H2,1H3,(H3,30,31)(H,33,34,36)/t15-/m0/s1. The summed E-state index contributed by atoms with van der Waals surface area (Å²) in [4.78, 5) is 20.0. The second kappa shape index (κ2) is 11.0. The van der Waals surface area contributed by atoms with Crippen molar-refractivity contribution in [1.29, 1.82) is 5.41 Å². The third-order valence-corrected chi connectivity index (χ3v) is 6.15. The van der Waals surface area contributed by atoms with Gasteiger partial charge in [0.25, 0.3) is 0 Å². The monoisotopic (exact) mass is 509 g/mol. The van der Waals surface area contributed by atoms with Crippen molar-refractivity contribution in [2.24, 2.45) is 11.5 Å². The van der Waals surface area contributed by atoms with Crippen LogP contribution in [-0.2, 0) is 13.0 Å². The van der Waals surface area contributed by atoms with Crippen LogP contribution in [0.4, 0.5) is 4.39 Å². The molecule has 0 bridgehead atoms. The van der Waals surface area contributed by atoms with Gasteiger partial charge in [0.05, 0.1) is 22.9 Å². The number of H-pyrrole nitrogens is 1. The van der Waals surface area contributed by atoms with E-state index < -0.39 is 11.5 Å². The molecule has 4 aromatic rings. The summed E-state index contributed by atoms with van der Waals surface area (Å²) in [5.74, 6) is -0.457. The zero-order valence-corrected chi connectivity index (χ0v) is 20.7. The third kappa shape index (κ3) is 5.99. The van der Waals surface area contributed by atoms with Crippen LogP contribution < -0.4 is 22.5 Å². The van der Waals surface area contributed by atoms with Gasteiger partial charge in [-0.15, -0.1) is 0 Å². The number of fused-ring (bicyclic) bond motifs is 1. The van der Waals surface area contributed by atoms with Crippen LogP contribution in [0.15, 0.2) is 53.5 Å². The summed E-state index contributed by atoms with van der Waals surface area (Å²) in [7, 11) is 0. The second-order valence-corrected chi connectivity index (χ2v) is 9.39. The van der Waals surface area contributed by atoms with Gasteiger partial charge in [0.15, 0.2) is 5.82 Å². The highest BCUT2D eigenvalue weighted by Crippen LogP contribution is 2.31. The maximum Gasteiger partial charge on any atom is 0.354 e. The van der Waals surface area contributed by atoms with Crippen LogP contribution in [0.3, 0.4) is 0 Å². The van der Waals surface area contributed by atoms with Gasteiger partial charge in [-0.05, 0) is 67.6 Å². The lowest BCUT2D eigenvalue weighted by Gasteiger charge is -2.09. The molecule has 188 valence electrons. The number of aryl methyl sites for hydroxylation is 1. The Labute approximate surface area is 213 Å². The summed E-state index contributed by atoms with van der Waals surface area (Å²) in [6.45, 7) is 2.81. The average Bonchev–Trinajstić information content (AvgIpc) is 3.23. The van der Waals surface area contributed by atoms with E-state index >= 15 is 0 Å². The van der Waals surface area contributed by atoms with Crippen LogP contribution in [0.1, 0.15) is 30.9 Å². The van der Waals surface area contributed by atoms with Crippen LogP contribution in [0, 0.1) is 11.2 Å². The molecule has 0 radical (unpaired) electrons. The number of nitrogens with two attached hydrogens (primary N) is 2. The van der Waals surface area contributed by atoms with Crippen molar-refractivity contribution >= 4 is 28.5 Å². The molecule has 2 aromatic heterocycles. The highest BCUT2D eigenvalue weighted by Gasteiger charge is 2.15. The Balaban J connectivity index is 1.62. The number of halogens is 2. The Bertz CT molecular complexity index is 1440. The fraction of sp³-hybridized carbons (Fsp3) is 0.269. The van der Waals surface area contributed by atoms with Crippen molar-refractivity contribution in [3.05, 3.63) is 81.1 Å². The number of hydrogen-bond acceptors (Lipinski definition) is 5. The Morgan fingerprint density at radius 1 is 1.25 bits per heavy atom. The minimum absolute atomic E-state index is 0.0485. The SMILES string of the molecule is C[C@H](N)CCCc1cc(Cl)c(F)c(-c2cc3cn(-c4ccc(CNCC(=N)N)cc4)c(=O)nc3[nH]2)c1. The van der Waals surface area contributed by atoms with Gasteiger partial charge in [-0.1, -0.05) is 23.7 Å². The second-order valence-electron chi connectivity index (χ2n) is 8.98. The van der Waals surface area contributed by atoms with E-state index in [-0.39, 0.29) is 16.9 Å². The number of aromatic nitrogens is 3. The minimum Gasteiger partial charge on any atom is -0.387 e. The van der Waals surface area contributed by atoms with E-state index in [0.717, 1.165) is 30.4 Å². The smallest absolute Gasteiger partial charge is 0.354 e. The summed E-state index contributed by atoms with van der Waals surface area (Å²) in [6.07, 6.45) is 4.15. The van der Waals surface area contributed by atoms with Crippen molar-refractivity contribution in [3.63, 3.8) is 0 Å². The molecule has 0 saturated heterocycles. The number of aromatic amines is 1. The largest absolute Gasteiger partial charge is 0.387 e. The van der Waals surface area contributed by atoms with Crippen LogP contribution in [0.5, 0.6) is 0 Å². The quantitative estimate of drug-likeness (QED) is 0.163. The molecule has 2 aromatic carbocycles. The zero-order valence-electron chi connectivity index (χ0n) is 19.9. The Hall–Kier alpha value is -3.53.